The summed E-state index contributed by atoms with van der Waals surface area (Å²) in [5, 5.41) is 4.86. The highest BCUT2D eigenvalue weighted by molar-refractivity contribution is 5.89. The van der Waals surface area contributed by atoms with Crippen molar-refractivity contribution in [3.8, 4) is 0 Å². The van der Waals surface area contributed by atoms with Crippen molar-refractivity contribution in [1.29, 1.82) is 0 Å². The number of halogens is 2. The van der Waals surface area contributed by atoms with Gasteiger partial charge >= 0.3 is 6.03 Å². The third kappa shape index (κ3) is 6.15. The van der Waals surface area contributed by atoms with Crippen molar-refractivity contribution >= 4 is 11.7 Å². The number of hydrogen-bond acceptors (Lipinski definition) is 2. The SMILES string of the molecule is CC(C)OCCCNC(=O)Nc1ccc(F)cc1F. The van der Waals surface area contributed by atoms with Crippen molar-refractivity contribution in [2.45, 2.75) is 26.4 Å². The van der Waals surface area contributed by atoms with E-state index in [-0.39, 0.29) is 11.8 Å². The molecule has 19 heavy (non-hydrogen) atoms. The minimum absolute atomic E-state index is 0.0580. The number of nitrogens with one attached hydrogen (secondary N) is 2. The number of urea groups is 1. The van der Waals surface area contributed by atoms with Crippen LogP contribution >= 0.6 is 0 Å². The summed E-state index contributed by atoms with van der Waals surface area (Å²) >= 11 is 0. The molecule has 0 spiro atoms. The molecule has 1 aromatic rings. The lowest BCUT2D eigenvalue weighted by Gasteiger charge is -2.09. The molecule has 0 saturated heterocycles. The molecule has 1 rings (SSSR count). The van der Waals surface area contributed by atoms with Crippen molar-refractivity contribution < 1.29 is 18.3 Å². The Morgan fingerprint density at radius 3 is 2.74 bits per heavy atom. The second-order valence-electron chi connectivity index (χ2n) is 4.28. The highest BCUT2D eigenvalue weighted by Gasteiger charge is 2.07. The van der Waals surface area contributed by atoms with Gasteiger partial charge < -0.3 is 15.4 Å². The number of benzene rings is 1. The number of carbonyl (C=O) groups excluding carboxylic acids is 1. The van der Waals surface area contributed by atoms with Crippen LogP contribution in [-0.4, -0.2) is 25.3 Å². The lowest BCUT2D eigenvalue weighted by molar-refractivity contribution is 0.0775. The average Bonchev–Trinajstić information content (AvgIpc) is 2.32. The number of carbonyl (C=O) groups is 1. The molecule has 0 aliphatic heterocycles. The molecule has 0 aromatic heterocycles. The van der Waals surface area contributed by atoms with E-state index in [9.17, 15) is 13.6 Å². The van der Waals surface area contributed by atoms with Gasteiger partial charge in [0.05, 0.1) is 11.8 Å². The van der Waals surface area contributed by atoms with Gasteiger partial charge in [-0.3, -0.25) is 0 Å². The standard InChI is InChI=1S/C13H18F2N2O2/c1-9(2)19-7-3-6-16-13(18)17-12-5-4-10(14)8-11(12)15/h4-5,8-9H,3,6-7H2,1-2H3,(H2,16,17,18). The van der Waals surface area contributed by atoms with Gasteiger partial charge in [-0.2, -0.15) is 0 Å². The minimum atomic E-state index is -0.807. The number of hydrogen-bond donors (Lipinski definition) is 2. The number of amides is 2. The molecule has 2 amide bonds. The molecule has 0 heterocycles. The van der Waals surface area contributed by atoms with Gasteiger partial charge in [-0.1, -0.05) is 0 Å². The van der Waals surface area contributed by atoms with E-state index < -0.39 is 17.7 Å². The lowest BCUT2D eigenvalue weighted by atomic mass is 10.3. The largest absolute Gasteiger partial charge is 0.379 e. The van der Waals surface area contributed by atoms with Gasteiger partial charge in [0.2, 0.25) is 0 Å². The molecule has 0 saturated carbocycles. The minimum Gasteiger partial charge on any atom is -0.379 e. The van der Waals surface area contributed by atoms with Crippen LogP contribution in [0.2, 0.25) is 0 Å². The van der Waals surface area contributed by atoms with Crippen LogP contribution in [0.4, 0.5) is 19.3 Å². The van der Waals surface area contributed by atoms with Crippen LogP contribution in [0.3, 0.4) is 0 Å². The molecule has 0 unspecified atom stereocenters. The Kier molecular flexibility index (Phi) is 6.21. The van der Waals surface area contributed by atoms with E-state index in [1.165, 1.54) is 6.07 Å². The van der Waals surface area contributed by atoms with Gasteiger partial charge in [-0.15, -0.1) is 0 Å². The maximum Gasteiger partial charge on any atom is 0.319 e. The van der Waals surface area contributed by atoms with Crippen molar-refractivity contribution in [3.63, 3.8) is 0 Å². The third-order valence-corrected chi connectivity index (χ3v) is 2.24. The summed E-state index contributed by atoms with van der Waals surface area (Å²) in [5.41, 5.74) is -0.0580. The van der Waals surface area contributed by atoms with E-state index >= 15 is 0 Å². The van der Waals surface area contributed by atoms with Gasteiger partial charge in [0, 0.05) is 19.2 Å². The van der Waals surface area contributed by atoms with Gasteiger partial charge in [-0.25, -0.2) is 13.6 Å². The molecule has 106 valence electrons. The molecule has 4 nitrogen and oxygen atoms in total. The molecule has 0 fully saturated rings. The van der Waals surface area contributed by atoms with E-state index in [0.717, 1.165) is 6.07 Å². The Morgan fingerprint density at radius 1 is 1.37 bits per heavy atom. The van der Waals surface area contributed by atoms with E-state index in [2.05, 4.69) is 10.6 Å². The maximum atomic E-state index is 13.2. The number of rotatable bonds is 6. The van der Waals surface area contributed by atoms with Crippen LogP contribution < -0.4 is 10.6 Å². The summed E-state index contributed by atoms with van der Waals surface area (Å²) in [6.07, 6.45) is 0.819. The van der Waals surface area contributed by atoms with Crippen LogP contribution in [0.5, 0.6) is 0 Å². The zero-order chi connectivity index (χ0) is 14.3. The molecule has 0 atom stereocenters. The molecule has 0 bridgehead atoms. The zero-order valence-electron chi connectivity index (χ0n) is 11.0. The summed E-state index contributed by atoms with van der Waals surface area (Å²) < 4.78 is 31.2. The van der Waals surface area contributed by atoms with Crippen LogP contribution in [0.1, 0.15) is 20.3 Å². The molecule has 1 aromatic carbocycles. The summed E-state index contributed by atoms with van der Waals surface area (Å²) in [6, 6.07) is 2.43. The van der Waals surface area contributed by atoms with Gasteiger partial charge in [0.25, 0.3) is 0 Å². The van der Waals surface area contributed by atoms with Crippen LogP contribution in [0.25, 0.3) is 0 Å². The lowest BCUT2D eigenvalue weighted by Crippen LogP contribution is -2.30. The molecule has 0 radical (unpaired) electrons. The van der Waals surface area contributed by atoms with Crippen molar-refractivity contribution in [3.05, 3.63) is 29.8 Å². The van der Waals surface area contributed by atoms with Crippen molar-refractivity contribution in [2.75, 3.05) is 18.5 Å². The Labute approximate surface area is 111 Å². The molecular formula is C13H18F2N2O2. The average molecular weight is 272 g/mol. The summed E-state index contributed by atoms with van der Waals surface area (Å²) in [4.78, 5) is 11.4. The third-order valence-electron chi connectivity index (χ3n) is 2.24. The fraction of sp³-hybridized carbons (Fsp3) is 0.462. The van der Waals surface area contributed by atoms with Gasteiger partial charge in [-0.05, 0) is 32.4 Å². The predicted molar refractivity (Wildman–Crippen MR) is 69.1 cm³/mol. The van der Waals surface area contributed by atoms with Crippen LogP contribution in [0, 0.1) is 11.6 Å². The molecule has 0 aliphatic carbocycles. The maximum absolute atomic E-state index is 13.2. The van der Waals surface area contributed by atoms with E-state index in [0.29, 0.717) is 25.6 Å². The Hall–Kier alpha value is -1.69. The fourth-order valence-corrected chi connectivity index (χ4v) is 1.35. The van der Waals surface area contributed by atoms with E-state index in [4.69, 9.17) is 4.74 Å². The van der Waals surface area contributed by atoms with E-state index in [1.807, 2.05) is 13.8 Å². The van der Waals surface area contributed by atoms with Crippen LogP contribution in [-0.2, 0) is 4.74 Å². The molecular weight excluding hydrogens is 254 g/mol. The smallest absolute Gasteiger partial charge is 0.319 e. The Bertz CT molecular complexity index is 425. The topological polar surface area (TPSA) is 50.4 Å². The summed E-state index contributed by atoms with van der Waals surface area (Å²) in [7, 11) is 0. The van der Waals surface area contributed by atoms with Gasteiger partial charge in [0.15, 0.2) is 0 Å². The zero-order valence-corrected chi connectivity index (χ0v) is 11.0. The predicted octanol–water partition coefficient (Wildman–Crippen LogP) is 2.90. The Balaban J connectivity index is 2.27. The van der Waals surface area contributed by atoms with Crippen molar-refractivity contribution in [1.82, 2.24) is 5.32 Å². The van der Waals surface area contributed by atoms with Crippen LogP contribution in [0.15, 0.2) is 18.2 Å². The Morgan fingerprint density at radius 2 is 2.11 bits per heavy atom. The summed E-state index contributed by atoms with van der Waals surface area (Å²) in [5.74, 6) is -1.49. The monoisotopic (exact) mass is 272 g/mol. The molecule has 2 N–H and O–H groups in total. The molecule has 0 aliphatic rings. The second-order valence-corrected chi connectivity index (χ2v) is 4.28. The normalized spacial score (nSPS) is 10.6. The fourth-order valence-electron chi connectivity index (χ4n) is 1.35. The highest BCUT2D eigenvalue weighted by Crippen LogP contribution is 2.14. The first-order chi connectivity index (χ1) is 8.99. The first-order valence-corrected chi connectivity index (χ1v) is 6.10. The number of ether oxygens (including phenoxy) is 1. The van der Waals surface area contributed by atoms with Gasteiger partial charge in [0.1, 0.15) is 11.6 Å². The highest BCUT2D eigenvalue weighted by atomic mass is 19.1. The first kappa shape index (κ1) is 15.4. The molecule has 6 heteroatoms. The number of anilines is 1. The second kappa shape index (κ2) is 7.68. The first-order valence-electron chi connectivity index (χ1n) is 6.10. The quantitative estimate of drug-likeness (QED) is 0.782. The summed E-state index contributed by atoms with van der Waals surface area (Å²) in [6.45, 7) is 4.82. The van der Waals surface area contributed by atoms with Crippen molar-refractivity contribution in [2.24, 2.45) is 0 Å². The van der Waals surface area contributed by atoms with E-state index in [1.54, 1.807) is 0 Å².